The van der Waals surface area contributed by atoms with Gasteiger partial charge in [0.1, 0.15) is 6.04 Å². The van der Waals surface area contributed by atoms with Crippen LogP contribution in [0, 0.1) is 5.92 Å². The molecule has 3 amide bonds. The molecule has 8 heteroatoms. The molecular formula is C26H44N6O2. The third-order valence-corrected chi connectivity index (χ3v) is 8.14. The van der Waals surface area contributed by atoms with E-state index in [1.54, 1.807) is 11.2 Å². The van der Waals surface area contributed by atoms with Crippen LogP contribution in [-0.4, -0.2) is 76.1 Å². The molecule has 0 aromatic carbocycles. The van der Waals surface area contributed by atoms with E-state index in [0.717, 1.165) is 44.0 Å². The van der Waals surface area contributed by atoms with Gasteiger partial charge in [-0.25, -0.2) is 9.78 Å². The fourth-order valence-electron chi connectivity index (χ4n) is 5.91. The number of piperazine rings is 1. The van der Waals surface area contributed by atoms with Crippen molar-refractivity contribution < 1.29 is 9.59 Å². The first-order chi connectivity index (χ1) is 16.6. The van der Waals surface area contributed by atoms with E-state index in [4.69, 9.17) is 0 Å². The average Bonchev–Trinajstić information content (AvgIpc) is 3.28. The van der Waals surface area contributed by atoms with Gasteiger partial charge in [0.05, 0.1) is 6.33 Å². The maximum Gasteiger partial charge on any atom is 0.318 e. The molecular weight excluding hydrogens is 428 g/mol. The summed E-state index contributed by atoms with van der Waals surface area (Å²) in [5, 5.41) is 6.34. The van der Waals surface area contributed by atoms with Crippen LogP contribution in [0.2, 0.25) is 0 Å². The Morgan fingerprint density at radius 2 is 1.76 bits per heavy atom. The third-order valence-electron chi connectivity index (χ3n) is 8.14. The molecule has 1 saturated heterocycles. The number of urea groups is 1. The zero-order chi connectivity index (χ0) is 23.8. The summed E-state index contributed by atoms with van der Waals surface area (Å²) in [7, 11) is 1.97. The van der Waals surface area contributed by atoms with Crippen molar-refractivity contribution in [3.8, 4) is 0 Å². The van der Waals surface area contributed by atoms with E-state index >= 15 is 0 Å². The van der Waals surface area contributed by atoms with E-state index in [2.05, 4.69) is 20.5 Å². The second kappa shape index (κ2) is 12.6. The van der Waals surface area contributed by atoms with Gasteiger partial charge in [0.2, 0.25) is 5.91 Å². The summed E-state index contributed by atoms with van der Waals surface area (Å²) in [4.78, 5) is 34.8. The van der Waals surface area contributed by atoms with Crippen molar-refractivity contribution in [2.24, 2.45) is 13.0 Å². The van der Waals surface area contributed by atoms with Crippen molar-refractivity contribution in [1.82, 2.24) is 30.0 Å². The van der Waals surface area contributed by atoms with Crippen LogP contribution in [0.5, 0.6) is 0 Å². The minimum absolute atomic E-state index is 0.0386. The van der Waals surface area contributed by atoms with Crippen LogP contribution < -0.4 is 10.6 Å². The number of amides is 3. The van der Waals surface area contributed by atoms with Crippen molar-refractivity contribution in [3.05, 3.63) is 18.2 Å². The van der Waals surface area contributed by atoms with Crippen LogP contribution >= 0.6 is 0 Å². The second-order valence-corrected chi connectivity index (χ2v) is 10.6. The van der Waals surface area contributed by atoms with Gasteiger partial charge < -0.3 is 20.1 Å². The molecule has 2 N–H and O–H groups in total. The first-order valence-corrected chi connectivity index (χ1v) is 13.6. The molecule has 34 heavy (non-hydrogen) atoms. The van der Waals surface area contributed by atoms with Crippen LogP contribution in [0.1, 0.15) is 76.3 Å². The molecule has 1 aromatic heterocycles. The SMILES string of the molecule is Cn1cncc1CCNC(=O)C1CN(CCC2CCCCC2)CCN1C(=O)NC1CCCCC1. The number of nitrogens with zero attached hydrogens (tertiary/aromatic N) is 4. The number of rotatable bonds is 8. The van der Waals surface area contributed by atoms with Gasteiger partial charge in [-0.2, -0.15) is 0 Å². The summed E-state index contributed by atoms with van der Waals surface area (Å²) < 4.78 is 1.98. The molecule has 2 saturated carbocycles. The molecule has 0 spiro atoms. The number of imidazole rings is 1. The lowest BCUT2D eigenvalue weighted by atomic mass is 9.87. The molecule has 3 fully saturated rings. The summed E-state index contributed by atoms with van der Waals surface area (Å²) in [5.41, 5.74) is 1.09. The second-order valence-electron chi connectivity index (χ2n) is 10.6. The molecule has 1 aliphatic heterocycles. The van der Waals surface area contributed by atoms with Crippen molar-refractivity contribution in [2.75, 3.05) is 32.7 Å². The Balaban J connectivity index is 1.33. The molecule has 4 rings (SSSR count). The highest BCUT2D eigenvalue weighted by molar-refractivity contribution is 5.87. The Labute approximate surface area is 204 Å². The Kier molecular flexibility index (Phi) is 9.25. The van der Waals surface area contributed by atoms with Crippen molar-refractivity contribution in [1.29, 1.82) is 0 Å². The lowest BCUT2D eigenvalue weighted by Gasteiger charge is -2.41. The van der Waals surface area contributed by atoms with Gasteiger partial charge in [-0.05, 0) is 31.7 Å². The molecule has 0 bridgehead atoms. The molecule has 2 aliphatic carbocycles. The predicted octanol–water partition coefficient (Wildman–Crippen LogP) is 3.08. The average molecular weight is 473 g/mol. The summed E-state index contributed by atoms with van der Waals surface area (Å²) in [5.74, 6) is 0.788. The molecule has 1 atom stereocenters. The molecule has 1 aromatic rings. The third kappa shape index (κ3) is 6.96. The quantitative estimate of drug-likeness (QED) is 0.609. The fourth-order valence-corrected chi connectivity index (χ4v) is 5.91. The van der Waals surface area contributed by atoms with Crippen LogP contribution in [0.4, 0.5) is 4.79 Å². The van der Waals surface area contributed by atoms with Gasteiger partial charge in [0.15, 0.2) is 0 Å². The topological polar surface area (TPSA) is 82.5 Å². The maximum absolute atomic E-state index is 13.3. The molecule has 0 radical (unpaired) electrons. The van der Waals surface area contributed by atoms with E-state index in [0.29, 0.717) is 19.6 Å². The zero-order valence-electron chi connectivity index (χ0n) is 21.0. The summed E-state index contributed by atoms with van der Waals surface area (Å²) in [6.07, 6.45) is 18.1. The zero-order valence-corrected chi connectivity index (χ0v) is 21.0. The van der Waals surface area contributed by atoms with Gasteiger partial charge in [-0.15, -0.1) is 0 Å². The van der Waals surface area contributed by atoms with Crippen LogP contribution in [0.25, 0.3) is 0 Å². The fraction of sp³-hybridized carbons (Fsp3) is 0.808. The molecule has 2 heterocycles. The molecule has 8 nitrogen and oxygen atoms in total. The normalized spacial score (nSPS) is 23.1. The summed E-state index contributed by atoms with van der Waals surface area (Å²) in [6.45, 7) is 3.67. The Hall–Kier alpha value is -2.09. The van der Waals surface area contributed by atoms with Gasteiger partial charge in [-0.3, -0.25) is 9.69 Å². The van der Waals surface area contributed by atoms with E-state index in [1.165, 1.54) is 57.8 Å². The van der Waals surface area contributed by atoms with E-state index in [9.17, 15) is 9.59 Å². The Bertz CT molecular complexity index is 784. The number of hydrogen-bond donors (Lipinski definition) is 2. The highest BCUT2D eigenvalue weighted by Crippen LogP contribution is 2.27. The summed E-state index contributed by atoms with van der Waals surface area (Å²) >= 11 is 0. The molecule has 3 aliphatic rings. The molecule has 190 valence electrons. The van der Waals surface area contributed by atoms with Gasteiger partial charge in [0, 0.05) is 57.6 Å². The number of aromatic nitrogens is 2. The summed E-state index contributed by atoms with van der Waals surface area (Å²) in [6, 6.07) is -0.250. The lowest BCUT2D eigenvalue weighted by molar-refractivity contribution is -0.127. The van der Waals surface area contributed by atoms with E-state index in [-0.39, 0.29) is 18.0 Å². The Morgan fingerprint density at radius 3 is 2.47 bits per heavy atom. The van der Waals surface area contributed by atoms with Crippen LogP contribution in [0.3, 0.4) is 0 Å². The lowest BCUT2D eigenvalue weighted by Crippen LogP contribution is -2.63. The van der Waals surface area contributed by atoms with Crippen LogP contribution in [0.15, 0.2) is 12.5 Å². The highest BCUT2D eigenvalue weighted by atomic mass is 16.2. The van der Waals surface area contributed by atoms with Crippen molar-refractivity contribution in [3.63, 3.8) is 0 Å². The highest BCUT2D eigenvalue weighted by Gasteiger charge is 2.36. The Morgan fingerprint density at radius 1 is 1.03 bits per heavy atom. The minimum atomic E-state index is -0.435. The standard InChI is InChI=1S/C26H44N6O2/c1-30-20-27-18-23(30)12-14-28-25(33)24-19-31(15-13-21-8-4-2-5-9-21)16-17-32(24)26(34)29-22-10-6-3-7-11-22/h18,20-22,24H,2-17,19H2,1H3,(H,28,33)(H,29,34). The number of nitrogens with one attached hydrogen (secondary N) is 2. The minimum Gasteiger partial charge on any atom is -0.354 e. The largest absolute Gasteiger partial charge is 0.354 e. The smallest absolute Gasteiger partial charge is 0.318 e. The van der Waals surface area contributed by atoms with Gasteiger partial charge in [-0.1, -0.05) is 51.4 Å². The predicted molar refractivity (Wildman–Crippen MR) is 133 cm³/mol. The number of carbonyl (C=O) groups is 2. The van der Waals surface area contributed by atoms with Gasteiger partial charge >= 0.3 is 6.03 Å². The van der Waals surface area contributed by atoms with Crippen molar-refractivity contribution >= 4 is 11.9 Å². The molecule has 1 unspecified atom stereocenters. The van der Waals surface area contributed by atoms with Crippen LogP contribution in [-0.2, 0) is 18.3 Å². The number of aryl methyl sites for hydroxylation is 1. The first-order valence-electron chi connectivity index (χ1n) is 13.6. The first kappa shape index (κ1) is 25.0. The van der Waals surface area contributed by atoms with E-state index in [1.807, 2.05) is 17.8 Å². The van der Waals surface area contributed by atoms with E-state index < -0.39 is 6.04 Å². The van der Waals surface area contributed by atoms with Crippen molar-refractivity contribution in [2.45, 2.75) is 89.1 Å². The van der Waals surface area contributed by atoms with Gasteiger partial charge in [0.25, 0.3) is 0 Å². The number of carbonyl (C=O) groups excluding carboxylic acids is 2. The maximum atomic E-state index is 13.3. The number of hydrogen-bond acceptors (Lipinski definition) is 4. The monoisotopic (exact) mass is 472 g/mol.